The quantitative estimate of drug-likeness (QED) is 0.855. The Labute approximate surface area is 120 Å². The Bertz CT molecular complexity index is 474. The van der Waals surface area contributed by atoms with Crippen LogP contribution >= 0.6 is 12.2 Å². The maximum Gasteiger partial charge on any atom is 0.225 e. The van der Waals surface area contributed by atoms with Crippen LogP contribution in [0.2, 0.25) is 0 Å². The van der Waals surface area contributed by atoms with E-state index in [9.17, 15) is 0 Å². The summed E-state index contributed by atoms with van der Waals surface area (Å²) in [4.78, 5) is 2.44. The van der Waals surface area contributed by atoms with Gasteiger partial charge in [-0.2, -0.15) is 0 Å². The number of anilines is 1. The summed E-state index contributed by atoms with van der Waals surface area (Å²) < 4.78 is 3.04. The molecule has 1 N–H and O–H groups in total. The molecule has 1 saturated heterocycles. The van der Waals surface area contributed by atoms with Gasteiger partial charge in [0.2, 0.25) is 5.95 Å². The number of aromatic amines is 1. The molecule has 1 atom stereocenters. The first-order valence-corrected chi connectivity index (χ1v) is 8.12. The number of hydrogen-bond acceptors (Lipinski definition) is 3. The first kappa shape index (κ1) is 13.2. The van der Waals surface area contributed by atoms with Crippen LogP contribution in [-0.4, -0.2) is 27.9 Å². The van der Waals surface area contributed by atoms with Crippen LogP contribution in [0.5, 0.6) is 0 Å². The predicted molar refractivity (Wildman–Crippen MR) is 80.1 cm³/mol. The highest BCUT2D eigenvalue weighted by atomic mass is 32.1. The van der Waals surface area contributed by atoms with E-state index in [4.69, 9.17) is 12.2 Å². The zero-order valence-electron chi connectivity index (χ0n) is 11.8. The Morgan fingerprint density at radius 2 is 2.11 bits per heavy atom. The smallest absolute Gasteiger partial charge is 0.225 e. The molecular weight excluding hydrogens is 256 g/mol. The van der Waals surface area contributed by atoms with Crippen LogP contribution in [0.3, 0.4) is 0 Å². The summed E-state index contributed by atoms with van der Waals surface area (Å²) in [6.07, 6.45) is 9.17. The molecule has 1 saturated carbocycles. The second kappa shape index (κ2) is 5.65. The molecule has 1 aromatic heterocycles. The lowest BCUT2D eigenvalue weighted by Crippen LogP contribution is -2.27. The molecule has 19 heavy (non-hydrogen) atoms. The van der Waals surface area contributed by atoms with Gasteiger partial charge in [-0.05, 0) is 50.2 Å². The van der Waals surface area contributed by atoms with Crippen LogP contribution < -0.4 is 4.90 Å². The number of aromatic nitrogens is 3. The number of rotatable bonds is 4. The van der Waals surface area contributed by atoms with Crippen LogP contribution in [-0.2, 0) is 0 Å². The molecule has 1 aromatic rings. The zero-order valence-corrected chi connectivity index (χ0v) is 12.6. The van der Waals surface area contributed by atoms with Gasteiger partial charge >= 0.3 is 0 Å². The van der Waals surface area contributed by atoms with Crippen molar-refractivity contribution in [2.75, 3.05) is 18.0 Å². The molecule has 2 aliphatic rings. The van der Waals surface area contributed by atoms with Gasteiger partial charge in [0.1, 0.15) is 0 Å². The van der Waals surface area contributed by atoms with Crippen LogP contribution in [0.15, 0.2) is 0 Å². The molecule has 2 heterocycles. The molecule has 0 spiro atoms. The van der Waals surface area contributed by atoms with Crippen molar-refractivity contribution in [1.29, 1.82) is 0 Å². The van der Waals surface area contributed by atoms with Crippen LogP contribution in [0, 0.1) is 10.7 Å². The van der Waals surface area contributed by atoms with Gasteiger partial charge in [0.15, 0.2) is 4.77 Å². The van der Waals surface area contributed by atoms with Crippen molar-refractivity contribution >= 4 is 18.2 Å². The molecule has 0 amide bonds. The van der Waals surface area contributed by atoms with Gasteiger partial charge in [0.25, 0.3) is 0 Å². The fourth-order valence-electron chi connectivity index (χ4n) is 3.24. The Balaban J connectivity index is 1.73. The Morgan fingerprint density at radius 3 is 2.84 bits per heavy atom. The summed E-state index contributed by atoms with van der Waals surface area (Å²) in [6.45, 7) is 4.56. The third-order valence-electron chi connectivity index (χ3n) is 4.43. The Morgan fingerprint density at radius 1 is 1.26 bits per heavy atom. The molecule has 5 heteroatoms. The highest BCUT2D eigenvalue weighted by Gasteiger charge is 2.30. The highest BCUT2D eigenvalue weighted by Crippen LogP contribution is 2.38. The van der Waals surface area contributed by atoms with Crippen molar-refractivity contribution < 1.29 is 0 Å². The van der Waals surface area contributed by atoms with E-state index in [1.54, 1.807) is 0 Å². The van der Waals surface area contributed by atoms with Crippen LogP contribution in [0.25, 0.3) is 0 Å². The number of nitrogens with one attached hydrogen (secondary N) is 1. The van der Waals surface area contributed by atoms with Crippen molar-refractivity contribution in [3.8, 4) is 0 Å². The zero-order chi connectivity index (χ0) is 13.2. The minimum Gasteiger partial charge on any atom is -0.341 e. The molecule has 3 rings (SSSR count). The molecule has 106 valence electrons. The highest BCUT2D eigenvalue weighted by molar-refractivity contribution is 7.71. The maximum absolute atomic E-state index is 5.38. The molecule has 0 aromatic carbocycles. The lowest BCUT2D eigenvalue weighted by Gasteiger charge is -2.22. The SMILES string of the molecule is CCCC1CCCN(c2n[nH]c(=S)n2C2CC2)CC1. The van der Waals surface area contributed by atoms with Gasteiger partial charge in [-0.3, -0.25) is 4.57 Å². The molecule has 1 aliphatic carbocycles. The molecule has 4 nitrogen and oxygen atoms in total. The topological polar surface area (TPSA) is 36.9 Å². The Kier molecular flexibility index (Phi) is 3.91. The first-order valence-electron chi connectivity index (χ1n) is 7.71. The monoisotopic (exact) mass is 280 g/mol. The van der Waals surface area contributed by atoms with Gasteiger partial charge in [-0.25, -0.2) is 5.10 Å². The molecule has 1 aliphatic heterocycles. The second-order valence-corrected chi connectivity index (χ2v) is 6.39. The molecule has 2 fully saturated rings. The lowest BCUT2D eigenvalue weighted by molar-refractivity contribution is 0.435. The summed E-state index contributed by atoms with van der Waals surface area (Å²) in [6, 6.07) is 0.607. The van der Waals surface area contributed by atoms with Crippen molar-refractivity contribution in [2.45, 2.75) is 57.9 Å². The average Bonchev–Trinajstić information content (AvgIpc) is 3.19. The molecule has 1 unspecified atom stereocenters. The van der Waals surface area contributed by atoms with E-state index in [0.29, 0.717) is 6.04 Å². The van der Waals surface area contributed by atoms with E-state index in [1.807, 2.05) is 0 Å². The van der Waals surface area contributed by atoms with E-state index >= 15 is 0 Å². The number of nitrogens with zero attached hydrogens (tertiary/aromatic N) is 3. The average molecular weight is 280 g/mol. The maximum atomic E-state index is 5.38. The summed E-state index contributed by atoms with van der Waals surface area (Å²) in [5.41, 5.74) is 0. The van der Waals surface area contributed by atoms with Crippen molar-refractivity contribution in [3.05, 3.63) is 4.77 Å². The standard InChI is InChI=1S/C14H24N4S/c1-2-4-11-5-3-9-17(10-8-11)13-15-16-14(19)18(13)12-6-7-12/h11-12H,2-10H2,1H3,(H,16,19). The number of hydrogen-bond donors (Lipinski definition) is 1. The molecular formula is C14H24N4S. The number of H-pyrrole nitrogens is 1. The van der Waals surface area contributed by atoms with E-state index in [2.05, 4.69) is 26.6 Å². The molecule has 0 bridgehead atoms. The summed E-state index contributed by atoms with van der Waals surface area (Å²) >= 11 is 5.38. The third-order valence-corrected chi connectivity index (χ3v) is 4.71. The first-order chi connectivity index (χ1) is 9.29. The van der Waals surface area contributed by atoms with Crippen molar-refractivity contribution in [3.63, 3.8) is 0 Å². The third kappa shape index (κ3) is 2.86. The largest absolute Gasteiger partial charge is 0.341 e. The van der Waals surface area contributed by atoms with Crippen molar-refractivity contribution in [1.82, 2.24) is 14.8 Å². The van der Waals surface area contributed by atoms with E-state index in [0.717, 1.165) is 29.7 Å². The van der Waals surface area contributed by atoms with Gasteiger partial charge < -0.3 is 4.90 Å². The van der Waals surface area contributed by atoms with Crippen molar-refractivity contribution in [2.24, 2.45) is 5.92 Å². The van der Waals surface area contributed by atoms with Gasteiger partial charge in [0, 0.05) is 19.1 Å². The predicted octanol–water partition coefficient (Wildman–Crippen LogP) is 3.68. The minimum atomic E-state index is 0.607. The lowest BCUT2D eigenvalue weighted by atomic mass is 9.96. The minimum absolute atomic E-state index is 0.607. The van der Waals surface area contributed by atoms with E-state index < -0.39 is 0 Å². The van der Waals surface area contributed by atoms with E-state index in [1.165, 1.54) is 44.9 Å². The Hall–Kier alpha value is -0.840. The fraction of sp³-hybridized carbons (Fsp3) is 0.857. The summed E-state index contributed by atoms with van der Waals surface area (Å²) in [5.74, 6) is 2.00. The van der Waals surface area contributed by atoms with Crippen LogP contribution in [0.4, 0.5) is 5.95 Å². The summed E-state index contributed by atoms with van der Waals surface area (Å²) in [7, 11) is 0. The second-order valence-electron chi connectivity index (χ2n) is 6.00. The van der Waals surface area contributed by atoms with E-state index in [-0.39, 0.29) is 0 Å². The molecule has 0 radical (unpaired) electrons. The fourth-order valence-corrected chi connectivity index (χ4v) is 3.52. The van der Waals surface area contributed by atoms with Gasteiger partial charge in [-0.1, -0.05) is 19.8 Å². The normalized spacial score (nSPS) is 24.5. The van der Waals surface area contributed by atoms with Gasteiger partial charge in [0.05, 0.1) is 0 Å². The van der Waals surface area contributed by atoms with Gasteiger partial charge in [-0.15, -0.1) is 5.10 Å². The summed E-state index contributed by atoms with van der Waals surface area (Å²) in [5, 5.41) is 7.47. The van der Waals surface area contributed by atoms with Crippen LogP contribution in [0.1, 0.15) is 57.9 Å².